The standard InChI is InChI=1S/C8H17NO4/c1-3-4-12-7-8(10)9-13-6-5-11-2/h3-7H2,1-2H3,(H,9,10). The summed E-state index contributed by atoms with van der Waals surface area (Å²) in [5.41, 5.74) is 2.23. The molecule has 0 atom stereocenters. The smallest absolute Gasteiger partial charge is 0.269 e. The van der Waals surface area contributed by atoms with Gasteiger partial charge in [0.1, 0.15) is 6.61 Å². The minimum Gasteiger partial charge on any atom is -0.382 e. The highest BCUT2D eigenvalue weighted by Crippen LogP contribution is 1.80. The molecule has 1 N–H and O–H groups in total. The van der Waals surface area contributed by atoms with Crippen molar-refractivity contribution in [3.63, 3.8) is 0 Å². The van der Waals surface area contributed by atoms with E-state index in [-0.39, 0.29) is 12.5 Å². The summed E-state index contributed by atoms with van der Waals surface area (Å²) >= 11 is 0. The Labute approximate surface area is 78.3 Å². The Bertz CT molecular complexity index is 129. The summed E-state index contributed by atoms with van der Waals surface area (Å²) < 4.78 is 9.69. The van der Waals surface area contributed by atoms with Gasteiger partial charge in [0.2, 0.25) is 0 Å². The fourth-order valence-electron chi connectivity index (χ4n) is 0.595. The molecule has 0 unspecified atom stereocenters. The Morgan fingerprint density at radius 3 is 2.69 bits per heavy atom. The summed E-state index contributed by atoms with van der Waals surface area (Å²) in [7, 11) is 1.57. The van der Waals surface area contributed by atoms with Gasteiger partial charge in [0.25, 0.3) is 5.91 Å². The van der Waals surface area contributed by atoms with Crippen LogP contribution in [0.25, 0.3) is 0 Å². The van der Waals surface area contributed by atoms with Crippen molar-refractivity contribution in [2.75, 3.05) is 33.5 Å². The van der Waals surface area contributed by atoms with Crippen LogP contribution in [0.1, 0.15) is 13.3 Å². The molecule has 0 saturated heterocycles. The van der Waals surface area contributed by atoms with Crippen LogP contribution in [0.15, 0.2) is 0 Å². The van der Waals surface area contributed by atoms with E-state index in [4.69, 9.17) is 14.3 Å². The minimum absolute atomic E-state index is 0.0425. The Morgan fingerprint density at radius 2 is 2.08 bits per heavy atom. The largest absolute Gasteiger partial charge is 0.382 e. The van der Waals surface area contributed by atoms with Gasteiger partial charge in [0.15, 0.2) is 0 Å². The number of hydrogen-bond acceptors (Lipinski definition) is 4. The first-order chi connectivity index (χ1) is 6.31. The van der Waals surface area contributed by atoms with Crippen LogP contribution in [0.5, 0.6) is 0 Å². The van der Waals surface area contributed by atoms with Crippen molar-refractivity contribution in [1.29, 1.82) is 0 Å². The molecule has 0 aromatic carbocycles. The summed E-state index contributed by atoms with van der Waals surface area (Å²) in [5, 5.41) is 0. The fourth-order valence-corrected chi connectivity index (χ4v) is 0.595. The predicted molar refractivity (Wildman–Crippen MR) is 47.1 cm³/mol. The van der Waals surface area contributed by atoms with Gasteiger partial charge in [0.05, 0.1) is 13.2 Å². The number of hydroxylamine groups is 1. The van der Waals surface area contributed by atoms with Crippen LogP contribution >= 0.6 is 0 Å². The van der Waals surface area contributed by atoms with E-state index in [1.54, 1.807) is 7.11 Å². The summed E-state index contributed by atoms with van der Waals surface area (Å²) in [5.74, 6) is -0.274. The van der Waals surface area contributed by atoms with E-state index in [9.17, 15) is 4.79 Å². The highest BCUT2D eigenvalue weighted by atomic mass is 16.7. The molecule has 5 heteroatoms. The first kappa shape index (κ1) is 12.3. The SMILES string of the molecule is CCCOCC(=O)NOCCOC. The highest BCUT2D eigenvalue weighted by Gasteiger charge is 1.99. The Kier molecular flexibility index (Phi) is 8.97. The van der Waals surface area contributed by atoms with E-state index < -0.39 is 0 Å². The van der Waals surface area contributed by atoms with Gasteiger partial charge in [-0.1, -0.05) is 6.92 Å². The van der Waals surface area contributed by atoms with Crippen LogP contribution < -0.4 is 5.48 Å². The lowest BCUT2D eigenvalue weighted by molar-refractivity contribution is -0.139. The van der Waals surface area contributed by atoms with Crippen molar-refractivity contribution >= 4 is 5.91 Å². The average Bonchev–Trinajstić information content (AvgIpc) is 2.13. The van der Waals surface area contributed by atoms with Crippen molar-refractivity contribution in [2.24, 2.45) is 0 Å². The number of carbonyl (C=O) groups excluding carboxylic acids is 1. The molecule has 0 bridgehead atoms. The summed E-state index contributed by atoms with van der Waals surface area (Å²) in [4.78, 5) is 15.6. The molecule has 0 saturated carbocycles. The molecule has 0 rings (SSSR count). The van der Waals surface area contributed by atoms with Gasteiger partial charge in [-0.25, -0.2) is 5.48 Å². The molecule has 78 valence electrons. The van der Waals surface area contributed by atoms with Gasteiger partial charge in [-0.2, -0.15) is 0 Å². The zero-order chi connectivity index (χ0) is 9.94. The zero-order valence-corrected chi connectivity index (χ0v) is 8.17. The molecular weight excluding hydrogens is 174 g/mol. The van der Waals surface area contributed by atoms with E-state index in [1.165, 1.54) is 0 Å². The van der Waals surface area contributed by atoms with Gasteiger partial charge >= 0.3 is 0 Å². The number of rotatable bonds is 8. The topological polar surface area (TPSA) is 56.8 Å². The molecule has 0 aliphatic rings. The number of carbonyl (C=O) groups is 1. The normalized spacial score (nSPS) is 10.0. The Morgan fingerprint density at radius 1 is 1.31 bits per heavy atom. The van der Waals surface area contributed by atoms with E-state index in [2.05, 4.69) is 5.48 Å². The van der Waals surface area contributed by atoms with Crippen LogP contribution in [0.3, 0.4) is 0 Å². The van der Waals surface area contributed by atoms with Crippen LogP contribution in [-0.4, -0.2) is 39.4 Å². The zero-order valence-electron chi connectivity index (χ0n) is 8.17. The maximum absolute atomic E-state index is 10.9. The van der Waals surface area contributed by atoms with Crippen molar-refractivity contribution in [3.8, 4) is 0 Å². The first-order valence-corrected chi connectivity index (χ1v) is 4.28. The van der Waals surface area contributed by atoms with Gasteiger partial charge in [-0.05, 0) is 6.42 Å². The molecule has 13 heavy (non-hydrogen) atoms. The third-order valence-electron chi connectivity index (χ3n) is 1.16. The fraction of sp³-hybridized carbons (Fsp3) is 0.875. The monoisotopic (exact) mass is 191 g/mol. The van der Waals surface area contributed by atoms with Crippen molar-refractivity contribution in [1.82, 2.24) is 5.48 Å². The second-order valence-corrected chi connectivity index (χ2v) is 2.42. The van der Waals surface area contributed by atoms with Gasteiger partial charge in [-0.3, -0.25) is 9.63 Å². The second kappa shape index (κ2) is 9.44. The van der Waals surface area contributed by atoms with Gasteiger partial charge in [0, 0.05) is 13.7 Å². The Hall–Kier alpha value is -0.650. The molecule has 0 heterocycles. The third kappa shape index (κ3) is 9.26. The quantitative estimate of drug-likeness (QED) is 0.437. The number of methoxy groups -OCH3 is 1. The molecule has 5 nitrogen and oxygen atoms in total. The summed E-state index contributed by atoms with van der Waals surface area (Å²) in [6, 6.07) is 0. The molecule has 1 amide bonds. The molecule has 0 aliphatic carbocycles. The predicted octanol–water partition coefficient (Wildman–Crippen LogP) is 0.107. The molecule has 0 fully saturated rings. The van der Waals surface area contributed by atoms with Gasteiger partial charge in [-0.15, -0.1) is 0 Å². The summed E-state index contributed by atoms with van der Waals surface area (Å²) in [6.07, 6.45) is 0.901. The van der Waals surface area contributed by atoms with E-state index >= 15 is 0 Å². The van der Waals surface area contributed by atoms with Crippen molar-refractivity contribution in [3.05, 3.63) is 0 Å². The molecule has 0 radical (unpaired) electrons. The minimum atomic E-state index is -0.274. The molecule has 0 aliphatic heterocycles. The lowest BCUT2D eigenvalue weighted by Gasteiger charge is -2.05. The van der Waals surface area contributed by atoms with Gasteiger partial charge < -0.3 is 9.47 Å². The van der Waals surface area contributed by atoms with E-state index in [0.29, 0.717) is 19.8 Å². The maximum Gasteiger partial charge on any atom is 0.269 e. The lowest BCUT2D eigenvalue weighted by Crippen LogP contribution is -2.29. The number of amides is 1. The number of ether oxygens (including phenoxy) is 2. The number of hydrogen-bond donors (Lipinski definition) is 1. The third-order valence-corrected chi connectivity index (χ3v) is 1.16. The van der Waals surface area contributed by atoms with E-state index in [1.807, 2.05) is 6.92 Å². The van der Waals surface area contributed by atoms with Crippen LogP contribution in [-0.2, 0) is 19.1 Å². The molecule has 0 aromatic heterocycles. The van der Waals surface area contributed by atoms with Crippen LogP contribution in [0.2, 0.25) is 0 Å². The molecule has 0 aromatic rings. The van der Waals surface area contributed by atoms with Crippen LogP contribution in [0, 0.1) is 0 Å². The lowest BCUT2D eigenvalue weighted by atomic mass is 10.5. The molecule has 0 spiro atoms. The first-order valence-electron chi connectivity index (χ1n) is 4.28. The maximum atomic E-state index is 10.9. The second-order valence-electron chi connectivity index (χ2n) is 2.42. The number of nitrogens with one attached hydrogen (secondary N) is 1. The van der Waals surface area contributed by atoms with Crippen molar-refractivity contribution < 1.29 is 19.1 Å². The van der Waals surface area contributed by atoms with E-state index in [0.717, 1.165) is 6.42 Å². The Balaban J connectivity index is 3.11. The van der Waals surface area contributed by atoms with Crippen molar-refractivity contribution in [2.45, 2.75) is 13.3 Å². The van der Waals surface area contributed by atoms with Crippen LogP contribution in [0.4, 0.5) is 0 Å². The molecular formula is C8H17NO4. The summed E-state index contributed by atoms with van der Waals surface area (Å²) in [6.45, 7) is 3.41. The average molecular weight is 191 g/mol. The highest BCUT2D eigenvalue weighted by molar-refractivity contribution is 5.75.